The van der Waals surface area contributed by atoms with Crippen LogP contribution in [0.1, 0.15) is 54.6 Å². The van der Waals surface area contributed by atoms with Crippen LogP contribution < -0.4 is 9.64 Å². The topological polar surface area (TPSA) is 79.7 Å². The van der Waals surface area contributed by atoms with Crippen LogP contribution in [-0.4, -0.2) is 28.9 Å². The molecule has 1 atom stereocenters. The van der Waals surface area contributed by atoms with Crippen molar-refractivity contribution < 1.29 is 19.4 Å². The minimum Gasteiger partial charge on any atom is -0.507 e. The Morgan fingerprint density at radius 1 is 1.00 bits per heavy atom. The average molecular weight is 527 g/mol. The van der Waals surface area contributed by atoms with Gasteiger partial charge in [-0.2, -0.15) is 0 Å². The summed E-state index contributed by atoms with van der Waals surface area (Å²) in [6, 6.07) is 18.1. The lowest BCUT2D eigenvalue weighted by Gasteiger charge is -2.24. The van der Waals surface area contributed by atoms with E-state index in [1.165, 1.54) is 16.2 Å². The number of aryl methyl sites for hydroxylation is 2. The Morgan fingerprint density at radius 2 is 1.71 bits per heavy atom. The summed E-state index contributed by atoms with van der Waals surface area (Å²) in [4.78, 5) is 33.2. The van der Waals surface area contributed by atoms with Crippen LogP contribution in [0.2, 0.25) is 0 Å². The molecule has 0 radical (unpaired) electrons. The number of nitrogens with zero attached hydrogens (tertiary/aromatic N) is 2. The van der Waals surface area contributed by atoms with Gasteiger partial charge in [0.2, 0.25) is 0 Å². The number of aromatic nitrogens is 1. The summed E-state index contributed by atoms with van der Waals surface area (Å²) in [6.45, 7) is 10.2. The molecule has 2 heterocycles. The number of carbonyl (C=O) groups excluding carboxylic acids is 2. The van der Waals surface area contributed by atoms with Crippen LogP contribution in [0.3, 0.4) is 0 Å². The second-order valence-corrected chi connectivity index (χ2v) is 11.7. The zero-order chi connectivity index (χ0) is 27.4. The number of amides is 1. The lowest BCUT2D eigenvalue weighted by Crippen LogP contribution is -2.29. The standard InChI is InChI=1S/C31H30N2O4S/c1-17-7-13-22-24(15-17)38-30(32-22)33-26(19-8-11-21(12-9-19)31(3,4)5)25(28(35)29(33)36)27(34)20-10-14-23(37-6)18(2)16-20/h7-16,26,34H,1-6H3/t26-/m0/s1. The van der Waals surface area contributed by atoms with Gasteiger partial charge in [-0.3, -0.25) is 14.5 Å². The van der Waals surface area contributed by atoms with Crippen molar-refractivity contribution in [3.8, 4) is 5.75 Å². The third-order valence-electron chi connectivity index (χ3n) is 6.94. The van der Waals surface area contributed by atoms with Crippen molar-refractivity contribution in [3.05, 3.63) is 94.1 Å². The molecule has 5 rings (SSSR count). The molecule has 1 aliphatic heterocycles. The fourth-order valence-corrected chi connectivity index (χ4v) is 5.91. The highest BCUT2D eigenvalue weighted by Gasteiger charge is 2.48. The molecule has 0 aliphatic carbocycles. The number of aliphatic hydroxyl groups is 1. The van der Waals surface area contributed by atoms with Gasteiger partial charge in [-0.05, 0) is 71.8 Å². The third kappa shape index (κ3) is 4.37. The number of fused-ring (bicyclic) bond motifs is 1. The largest absolute Gasteiger partial charge is 0.507 e. The highest BCUT2D eigenvalue weighted by atomic mass is 32.1. The second-order valence-electron chi connectivity index (χ2n) is 10.7. The van der Waals surface area contributed by atoms with E-state index in [1.54, 1.807) is 25.3 Å². The van der Waals surface area contributed by atoms with Gasteiger partial charge in [0.05, 0.1) is 28.9 Å². The van der Waals surface area contributed by atoms with Gasteiger partial charge in [-0.25, -0.2) is 4.98 Å². The molecule has 1 fully saturated rings. The van der Waals surface area contributed by atoms with Crippen molar-refractivity contribution in [1.82, 2.24) is 4.98 Å². The summed E-state index contributed by atoms with van der Waals surface area (Å²) in [5, 5.41) is 11.9. The summed E-state index contributed by atoms with van der Waals surface area (Å²) >= 11 is 1.36. The minimum absolute atomic E-state index is 0.0403. The Morgan fingerprint density at radius 3 is 2.34 bits per heavy atom. The maximum Gasteiger partial charge on any atom is 0.301 e. The first kappa shape index (κ1) is 25.7. The first-order chi connectivity index (χ1) is 18.0. The molecule has 3 aromatic carbocycles. The van der Waals surface area contributed by atoms with Crippen molar-refractivity contribution in [1.29, 1.82) is 0 Å². The van der Waals surface area contributed by atoms with E-state index >= 15 is 0 Å². The van der Waals surface area contributed by atoms with Gasteiger partial charge in [0.1, 0.15) is 11.5 Å². The number of thiazole rings is 1. The highest BCUT2D eigenvalue weighted by Crippen LogP contribution is 2.45. The number of ether oxygens (including phenoxy) is 1. The van der Waals surface area contributed by atoms with Crippen LogP contribution >= 0.6 is 11.3 Å². The summed E-state index contributed by atoms with van der Waals surface area (Å²) in [5.74, 6) is -1.01. The first-order valence-electron chi connectivity index (χ1n) is 12.4. The highest BCUT2D eigenvalue weighted by molar-refractivity contribution is 7.22. The smallest absolute Gasteiger partial charge is 0.301 e. The number of carbonyl (C=O) groups is 2. The first-order valence-corrected chi connectivity index (χ1v) is 13.2. The quantitative estimate of drug-likeness (QED) is 0.179. The Kier molecular flexibility index (Phi) is 6.35. The van der Waals surface area contributed by atoms with Crippen LogP contribution in [0.4, 0.5) is 5.13 Å². The summed E-state index contributed by atoms with van der Waals surface area (Å²) in [5.41, 5.74) is 4.91. The predicted octanol–water partition coefficient (Wildman–Crippen LogP) is 6.85. The van der Waals surface area contributed by atoms with Gasteiger partial charge in [-0.15, -0.1) is 0 Å². The zero-order valence-electron chi connectivity index (χ0n) is 22.3. The molecule has 0 unspecified atom stereocenters. The summed E-state index contributed by atoms with van der Waals surface area (Å²) < 4.78 is 6.28. The normalized spacial score (nSPS) is 17.4. The number of methoxy groups -OCH3 is 1. The molecule has 1 amide bonds. The number of Topliss-reactive ketones (excluding diaryl/α,β-unsaturated/α-hetero) is 1. The molecular formula is C31H30N2O4S. The SMILES string of the molecule is COc1ccc(C(O)=C2C(=O)C(=O)N(c3nc4ccc(C)cc4s3)[C@H]2c2ccc(C(C)(C)C)cc2)cc1C. The maximum atomic E-state index is 13.6. The van der Waals surface area contributed by atoms with Gasteiger partial charge in [0.25, 0.3) is 5.78 Å². The van der Waals surface area contributed by atoms with Crippen LogP contribution in [0.5, 0.6) is 5.75 Å². The molecule has 0 spiro atoms. The van der Waals surface area contributed by atoms with Gasteiger partial charge >= 0.3 is 5.91 Å². The molecule has 6 nitrogen and oxygen atoms in total. The molecule has 1 aromatic heterocycles. The number of hydrogen-bond acceptors (Lipinski definition) is 6. The molecule has 4 aromatic rings. The zero-order valence-corrected chi connectivity index (χ0v) is 23.1. The second kappa shape index (κ2) is 9.40. The minimum atomic E-state index is -0.826. The van der Waals surface area contributed by atoms with Crippen LogP contribution in [0.25, 0.3) is 16.0 Å². The summed E-state index contributed by atoms with van der Waals surface area (Å²) in [6.07, 6.45) is 0. The van der Waals surface area contributed by atoms with E-state index in [-0.39, 0.29) is 16.7 Å². The number of hydrogen-bond donors (Lipinski definition) is 1. The van der Waals surface area contributed by atoms with E-state index in [0.29, 0.717) is 16.4 Å². The van der Waals surface area contributed by atoms with Gasteiger partial charge in [0, 0.05) is 5.56 Å². The van der Waals surface area contributed by atoms with Gasteiger partial charge in [0.15, 0.2) is 5.13 Å². The van der Waals surface area contributed by atoms with E-state index in [4.69, 9.17) is 9.72 Å². The molecule has 38 heavy (non-hydrogen) atoms. The molecule has 1 aliphatic rings. The Labute approximate surface area is 226 Å². The molecule has 1 N–H and O–H groups in total. The van der Waals surface area contributed by atoms with Crippen molar-refractivity contribution in [3.63, 3.8) is 0 Å². The molecular weight excluding hydrogens is 496 g/mol. The van der Waals surface area contributed by atoms with E-state index in [9.17, 15) is 14.7 Å². The van der Waals surface area contributed by atoms with Crippen molar-refractivity contribution in [2.24, 2.45) is 0 Å². The number of rotatable bonds is 4. The van der Waals surface area contributed by atoms with E-state index in [2.05, 4.69) is 20.8 Å². The van der Waals surface area contributed by atoms with E-state index in [0.717, 1.165) is 32.5 Å². The van der Waals surface area contributed by atoms with Crippen molar-refractivity contribution in [2.45, 2.75) is 46.1 Å². The van der Waals surface area contributed by atoms with Crippen LogP contribution in [0, 0.1) is 13.8 Å². The number of ketones is 1. The van der Waals surface area contributed by atoms with Gasteiger partial charge in [-0.1, -0.05) is 62.4 Å². The lowest BCUT2D eigenvalue weighted by molar-refractivity contribution is -0.132. The van der Waals surface area contributed by atoms with Crippen molar-refractivity contribution >= 4 is 44.1 Å². The fraction of sp³-hybridized carbons (Fsp3) is 0.258. The molecule has 0 saturated carbocycles. The Hall–Kier alpha value is -3.97. The Balaban J connectivity index is 1.71. The van der Waals surface area contributed by atoms with Crippen LogP contribution in [-0.2, 0) is 15.0 Å². The number of benzene rings is 3. The summed E-state index contributed by atoms with van der Waals surface area (Å²) in [7, 11) is 1.58. The van der Waals surface area contributed by atoms with E-state index < -0.39 is 17.7 Å². The molecule has 194 valence electrons. The van der Waals surface area contributed by atoms with Crippen LogP contribution in [0.15, 0.2) is 66.2 Å². The van der Waals surface area contributed by atoms with Gasteiger partial charge < -0.3 is 9.84 Å². The molecule has 0 bridgehead atoms. The monoisotopic (exact) mass is 526 g/mol. The third-order valence-corrected chi connectivity index (χ3v) is 7.96. The molecule has 7 heteroatoms. The average Bonchev–Trinajstić information content (AvgIpc) is 3.40. The number of anilines is 1. The lowest BCUT2D eigenvalue weighted by atomic mass is 9.85. The van der Waals surface area contributed by atoms with Crippen molar-refractivity contribution in [2.75, 3.05) is 12.0 Å². The number of aliphatic hydroxyl groups excluding tert-OH is 1. The van der Waals surface area contributed by atoms with E-state index in [1.807, 2.05) is 56.3 Å². The maximum absolute atomic E-state index is 13.6. The fourth-order valence-electron chi connectivity index (χ4n) is 4.81. The predicted molar refractivity (Wildman–Crippen MR) is 152 cm³/mol. The molecule has 1 saturated heterocycles. The Bertz CT molecular complexity index is 1610.